The molecule has 1 fully saturated rings. The van der Waals surface area contributed by atoms with Crippen LogP contribution in [0, 0.1) is 5.92 Å². The molecule has 1 atom stereocenters. The van der Waals surface area contributed by atoms with Crippen molar-refractivity contribution in [1.29, 1.82) is 0 Å². The van der Waals surface area contributed by atoms with Crippen molar-refractivity contribution in [3.05, 3.63) is 35.9 Å². The van der Waals surface area contributed by atoms with Crippen LogP contribution >= 0.6 is 15.9 Å². The Labute approximate surface area is 86.3 Å². The molecule has 0 heterocycles. The highest BCUT2D eigenvalue weighted by molar-refractivity contribution is 9.09. The lowest BCUT2D eigenvalue weighted by molar-refractivity contribution is -0.119. The zero-order chi connectivity index (χ0) is 9.26. The Morgan fingerprint density at radius 2 is 1.92 bits per heavy atom. The summed E-state index contributed by atoms with van der Waals surface area (Å²) in [6.45, 7) is 0. The second-order valence-electron chi connectivity index (χ2n) is 3.45. The lowest BCUT2D eigenvalue weighted by Gasteiger charge is -2.07. The van der Waals surface area contributed by atoms with Crippen molar-refractivity contribution in [2.75, 3.05) is 0 Å². The van der Waals surface area contributed by atoms with Crippen molar-refractivity contribution >= 4 is 21.7 Å². The monoisotopic (exact) mass is 238 g/mol. The molecule has 1 unspecified atom stereocenters. The molecule has 0 amide bonds. The van der Waals surface area contributed by atoms with Gasteiger partial charge in [0.1, 0.15) is 0 Å². The summed E-state index contributed by atoms with van der Waals surface area (Å²) in [5.41, 5.74) is 1.07. The van der Waals surface area contributed by atoms with Crippen LogP contribution in [-0.2, 0) is 4.79 Å². The fraction of sp³-hybridized carbons (Fsp3) is 0.364. The molecule has 1 aromatic carbocycles. The summed E-state index contributed by atoms with van der Waals surface area (Å²) in [4.78, 5) is 11.6. The number of ketones is 1. The summed E-state index contributed by atoms with van der Waals surface area (Å²) in [5.74, 6) is 0.663. The van der Waals surface area contributed by atoms with E-state index in [4.69, 9.17) is 0 Å². The predicted molar refractivity (Wildman–Crippen MR) is 55.8 cm³/mol. The fourth-order valence-corrected chi connectivity index (χ4v) is 2.04. The average Bonchev–Trinajstić information content (AvgIpc) is 3.00. The third kappa shape index (κ3) is 1.99. The van der Waals surface area contributed by atoms with E-state index in [1.165, 1.54) is 0 Å². The number of hydrogen-bond donors (Lipinski definition) is 0. The lowest BCUT2D eigenvalue weighted by Crippen LogP contribution is -2.07. The summed E-state index contributed by atoms with van der Waals surface area (Å²) in [6.07, 6.45) is 2.15. The number of alkyl halides is 1. The second kappa shape index (κ2) is 3.62. The molecule has 0 saturated heterocycles. The molecule has 0 aliphatic heterocycles. The summed E-state index contributed by atoms with van der Waals surface area (Å²) in [7, 11) is 0. The first-order valence-corrected chi connectivity index (χ1v) is 5.43. The summed E-state index contributed by atoms with van der Waals surface area (Å²) in [6, 6.07) is 9.86. The Balaban J connectivity index is 2.12. The quantitative estimate of drug-likeness (QED) is 0.740. The molecule has 68 valence electrons. The van der Waals surface area contributed by atoms with Gasteiger partial charge in [0.2, 0.25) is 0 Å². The summed E-state index contributed by atoms with van der Waals surface area (Å²) in [5, 5.41) is 0. The normalized spacial score (nSPS) is 18.2. The van der Waals surface area contributed by atoms with Crippen molar-refractivity contribution in [3.8, 4) is 0 Å². The number of carbonyl (C=O) groups excluding carboxylic acids is 1. The molecular weight excluding hydrogens is 228 g/mol. The molecule has 2 rings (SSSR count). The zero-order valence-electron chi connectivity index (χ0n) is 7.24. The molecule has 1 saturated carbocycles. The van der Waals surface area contributed by atoms with Gasteiger partial charge in [-0.3, -0.25) is 4.79 Å². The first-order chi connectivity index (χ1) is 6.29. The molecular formula is C11H11BrO. The maximum Gasteiger partial charge on any atom is 0.153 e. The van der Waals surface area contributed by atoms with Crippen LogP contribution in [-0.4, -0.2) is 5.78 Å². The van der Waals surface area contributed by atoms with E-state index in [0.29, 0.717) is 11.7 Å². The van der Waals surface area contributed by atoms with Crippen molar-refractivity contribution in [1.82, 2.24) is 0 Å². The van der Waals surface area contributed by atoms with E-state index < -0.39 is 0 Å². The molecule has 0 N–H and O–H groups in total. The number of benzene rings is 1. The van der Waals surface area contributed by atoms with Crippen molar-refractivity contribution in [3.63, 3.8) is 0 Å². The minimum atomic E-state index is -0.0961. The molecule has 13 heavy (non-hydrogen) atoms. The van der Waals surface area contributed by atoms with Gasteiger partial charge in [0.05, 0.1) is 4.83 Å². The third-order valence-corrected chi connectivity index (χ3v) is 3.30. The van der Waals surface area contributed by atoms with E-state index in [0.717, 1.165) is 18.4 Å². The Morgan fingerprint density at radius 1 is 1.31 bits per heavy atom. The van der Waals surface area contributed by atoms with Gasteiger partial charge in [-0.15, -0.1) is 0 Å². The highest BCUT2D eigenvalue weighted by Crippen LogP contribution is 2.37. The van der Waals surface area contributed by atoms with Crippen LogP contribution in [0.3, 0.4) is 0 Å². The van der Waals surface area contributed by atoms with Crippen LogP contribution in [0.15, 0.2) is 30.3 Å². The predicted octanol–water partition coefficient (Wildman–Crippen LogP) is 3.10. The van der Waals surface area contributed by atoms with Gasteiger partial charge in [-0.2, -0.15) is 0 Å². The first-order valence-electron chi connectivity index (χ1n) is 4.52. The lowest BCUT2D eigenvalue weighted by atomic mass is 10.1. The van der Waals surface area contributed by atoms with Gasteiger partial charge in [-0.05, 0) is 18.4 Å². The average molecular weight is 239 g/mol. The molecule has 1 nitrogen and oxygen atoms in total. The molecule has 0 bridgehead atoms. The van der Waals surface area contributed by atoms with Gasteiger partial charge in [0.15, 0.2) is 5.78 Å². The van der Waals surface area contributed by atoms with E-state index in [2.05, 4.69) is 15.9 Å². The minimum absolute atomic E-state index is 0.0961. The second-order valence-corrected chi connectivity index (χ2v) is 4.37. The maximum atomic E-state index is 11.7. The van der Waals surface area contributed by atoms with Gasteiger partial charge >= 0.3 is 0 Å². The SMILES string of the molecule is O=C(C1CC1)C(Br)c1ccccc1. The largest absolute Gasteiger partial charge is 0.298 e. The van der Waals surface area contributed by atoms with Crippen LogP contribution in [0.4, 0.5) is 0 Å². The molecule has 1 aliphatic carbocycles. The molecule has 0 spiro atoms. The van der Waals surface area contributed by atoms with Crippen molar-refractivity contribution in [2.45, 2.75) is 17.7 Å². The highest BCUT2D eigenvalue weighted by atomic mass is 79.9. The topological polar surface area (TPSA) is 17.1 Å². The Bertz CT molecular complexity index is 303. The molecule has 2 heteroatoms. The molecule has 0 aromatic heterocycles. The third-order valence-electron chi connectivity index (χ3n) is 2.32. The molecule has 0 radical (unpaired) electrons. The van der Waals surface area contributed by atoms with Crippen LogP contribution in [0.2, 0.25) is 0 Å². The Hall–Kier alpha value is -0.630. The van der Waals surface area contributed by atoms with E-state index in [-0.39, 0.29) is 4.83 Å². The van der Waals surface area contributed by atoms with E-state index >= 15 is 0 Å². The number of carbonyl (C=O) groups is 1. The number of rotatable bonds is 3. The zero-order valence-corrected chi connectivity index (χ0v) is 8.83. The maximum absolute atomic E-state index is 11.7. The van der Waals surface area contributed by atoms with Crippen LogP contribution < -0.4 is 0 Å². The van der Waals surface area contributed by atoms with Crippen molar-refractivity contribution < 1.29 is 4.79 Å². The van der Waals surface area contributed by atoms with Gasteiger partial charge in [0, 0.05) is 5.92 Å². The number of Topliss-reactive ketones (excluding diaryl/α,β-unsaturated/α-hetero) is 1. The standard InChI is InChI=1S/C11H11BrO/c12-10(11(13)9-6-7-9)8-4-2-1-3-5-8/h1-5,9-10H,6-7H2. The van der Waals surface area contributed by atoms with Gasteiger partial charge < -0.3 is 0 Å². The summed E-state index contributed by atoms with van der Waals surface area (Å²) < 4.78 is 0. The van der Waals surface area contributed by atoms with Gasteiger partial charge in [-0.1, -0.05) is 46.3 Å². The van der Waals surface area contributed by atoms with Crippen LogP contribution in [0.1, 0.15) is 23.2 Å². The van der Waals surface area contributed by atoms with Gasteiger partial charge in [-0.25, -0.2) is 0 Å². The first kappa shape index (κ1) is 8.95. The molecule has 1 aliphatic rings. The molecule has 1 aromatic rings. The smallest absolute Gasteiger partial charge is 0.153 e. The number of halogens is 1. The van der Waals surface area contributed by atoms with E-state index in [1.54, 1.807) is 0 Å². The fourth-order valence-electron chi connectivity index (χ4n) is 1.36. The van der Waals surface area contributed by atoms with E-state index in [9.17, 15) is 4.79 Å². The van der Waals surface area contributed by atoms with Gasteiger partial charge in [0.25, 0.3) is 0 Å². The van der Waals surface area contributed by atoms with Crippen LogP contribution in [0.25, 0.3) is 0 Å². The van der Waals surface area contributed by atoms with E-state index in [1.807, 2.05) is 30.3 Å². The van der Waals surface area contributed by atoms with Crippen molar-refractivity contribution in [2.24, 2.45) is 5.92 Å². The Morgan fingerprint density at radius 3 is 2.46 bits per heavy atom. The summed E-state index contributed by atoms with van der Waals surface area (Å²) >= 11 is 3.44. The Kier molecular flexibility index (Phi) is 2.49. The number of hydrogen-bond acceptors (Lipinski definition) is 1. The minimum Gasteiger partial charge on any atom is -0.298 e. The van der Waals surface area contributed by atoms with Crippen LogP contribution in [0.5, 0.6) is 0 Å². The highest BCUT2D eigenvalue weighted by Gasteiger charge is 2.33.